The molecule has 9 heteroatoms. The van der Waals surface area contributed by atoms with Crippen LogP contribution in [-0.2, 0) is 11.3 Å². The number of rotatable bonds is 5. The van der Waals surface area contributed by atoms with Gasteiger partial charge in [-0.15, -0.1) is 0 Å². The zero-order valence-electron chi connectivity index (χ0n) is 16.0. The summed E-state index contributed by atoms with van der Waals surface area (Å²) in [6.45, 7) is 4.35. The summed E-state index contributed by atoms with van der Waals surface area (Å²) in [4.78, 5) is 37.7. The number of anilines is 1. The van der Waals surface area contributed by atoms with E-state index in [1.165, 1.54) is 11.6 Å². The maximum atomic E-state index is 12.8. The zero-order valence-corrected chi connectivity index (χ0v) is 16.0. The van der Waals surface area contributed by atoms with Crippen LogP contribution >= 0.6 is 0 Å². The van der Waals surface area contributed by atoms with Gasteiger partial charge in [0.25, 0.3) is 5.91 Å². The summed E-state index contributed by atoms with van der Waals surface area (Å²) in [5.74, 6) is -0.503. The Bertz CT molecular complexity index is 915. The van der Waals surface area contributed by atoms with Crippen LogP contribution in [0.3, 0.4) is 0 Å². The Hall–Kier alpha value is -3.23. The van der Waals surface area contributed by atoms with E-state index in [4.69, 9.17) is 0 Å². The predicted molar refractivity (Wildman–Crippen MR) is 103 cm³/mol. The van der Waals surface area contributed by atoms with Crippen molar-refractivity contribution in [3.8, 4) is 0 Å². The van der Waals surface area contributed by atoms with E-state index < -0.39 is 10.8 Å². The fourth-order valence-corrected chi connectivity index (χ4v) is 3.48. The molecule has 0 saturated carbocycles. The highest BCUT2D eigenvalue weighted by atomic mass is 16.6. The molecule has 9 nitrogen and oxygen atoms in total. The Balaban J connectivity index is 1.75. The van der Waals surface area contributed by atoms with Crippen LogP contribution in [0.1, 0.15) is 41.0 Å². The van der Waals surface area contributed by atoms with Crippen molar-refractivity contribution in [2.75, 3.05) is 18.4 Å². The van der Waals surface area contributed by atoms with E-state index in [9.17, 15) is 19.7 Å². The minimum atomic E-state index is -0.501. The Morgan fingerprint density at radius 3 is 2.50 bits per heavy atom. The molecule has 1 fully saturated rings. The highest BCUT2D eigenvalue weighted by Crippen LogP contribution is 2.23. The lowest BCUT2D eigenvalue weighted by molar-refractivity contribution is -0.386. The fraction of sp³-hybridized carbons (Fsp3) is 0.421. The Labute approximate surface area is 162 Å². The molecular formula is C19H23N5O4. The number of aryl methyl sites for hydroxylation is 1. The molecule has 3 rings (SSSR count). The Morgan fingerprint density at radius 2 is 1.86 bits per heavy atom. The number of likely N-dealkylation sites (tertiary alicyclic amines) is 1. The van der Waals surface area contributed by atoms with Gasteiger partial charge in [0.2, 0.25) is 5.91 Å². The molecule has 28 heavy (non-hydrogen) atoms. The first-order valence-electron chi connectivity index (χ1n) is 9.25. The third kappa shape index (κ3) is 4.03. The number of amides is 2. The van der Waals surface area contributed by atoms with Crippen molar-refractivity contribution in [1.82, 2.24) is 14.7 Å². The van der Waals surface area contributed by atoms with Crippen LogP contribution in [0.5, 0.6) is 0 Å². The zero-order chi connectivity index (χ0) is 20.3. The lowest BCUT2D eigenvalue weighted by atomic mass is 10.1. The molecule has 2 heterocycles. The lowest BCUT2D eigenvalue weighted by Crippen LogP contribution is -2.36. The number of nitro groups is 1. The van der Waals surface area contributed by atoms with E-state index in [0.717, 1.165) is 32.4 Å². The van der Waals surface area contributed by atoms with Gasteiger partial charge in [0, 0.05) is 13.1 Å². The van der Waals surface area contributed by atoms with Crippen molar-refractivity contribution < 1.29 is 14.5 Å². The number of hydrogen-bond donors (Lipinski definition) is 1. The molecule has 2 amide bonds. The monoisotopic (exact) mass is 385 g/mol. The first kappa shape index (κ1) is 19.5. The molecule has 0 bridgehead atoms. The van der Waals surface area contributed by atoms with Gasteiger partial charge in [-0.2, -0.15) is 5.10 Å². The van der Waals surface area contributed by atoms with Crippen molar-refractivity contribution in [2.45, 2.75) is 39.7 Å². The maximum Gasteiger partial charge on any atom is 0.312 e. The number of piperidine rings is 1. The van der Waals surface area contributed by atoms with Crippen LogP contribution in [0.15, 0.2) is 24.3 Å². The van der Waals surface area contributed by atoms with Crippen molar-refractivity contribution in [3.05, 3.63) is 51.3 Å². The average Bonchev–Trinajstić information content (AvgIpc) is 2.95. The summed E-state index contributed by atoms with van der Waals surface area (Å²) in [6, 6.07) is 6.88. The number of aromatic nitrogens is 2. The second kappa shape index (κ2) is 8.20. The highest BCUT2D eigenvalue weighted by molar-refractivity contribution is 6.03. The van der Waals surface area contributed by atoms with Crippen molar-refractivity contribution >= 4 is 23.2 Å². The predicted octanol–water partition coefficient (Wildman–Crippen LogP) is 2.67. The van der Waals surface area contributed by atoms with Gasteiger partial charge in [0.15, 0.2) is 0 Å². The van der Waals surface area contributed by atoms with Gasteiger partial charge in [0.1, 0.15) is 17.9 Å². The van der Waals surface area contributed by atoms with E-state index in [1.807, 2.05) is 0 Å². The van der Waals surface area contributed by atoms with E-state index in [1.54, 1.807) is 36.1 Å². The van der Waals surface area contributed by atoms with Gasteiger partial charge in [0.05, 0.1) is 16.2 Å². The van der Waals surface area contributed by atoms with Crippen LogP contribution in [-0.4, -0.2) is 44.5 Å². The van der Waals surface area contributed by atoms with E-state index in [2.05, 4.69) is 10.4 Å². The molecule has 1 N–H and O–H groups in total. The summed E-state index contributed by atoms with van der Waals surface area (Å²) in [5, 5.41) is 17.9. The third-order valence-electron chi connectivity index (χ3n) is 4.89. The molecule has 0 atom stereocenters. The maximum absolute atomic E-state index is 12.8. The van der Waals surface area contributed by atoms with Crippen LogP contribution in [0.4, 0.5) is 11.4 Å². The number of carbonyl (C=O) groups is 2. The molecule has 1 aliphatic heterocycles. The largest absolute Gasteiger partial charge is 0.339 e. The topological polar surface area (TPSA) is 110 Å². The molecule has 2 aromatic rings. The molecule has 1 aliphatic rings. The first-order valence-corrected chi connectivity index (χ1v) is 9.25. The van der Waals surface area contributed by atoms with Crippen molar-refractivity contribution in [2.24, 2.45) is 0 Å². The molecule has 1 aromatic carbocycles. The highest BCUT2D eigenvalue weighted by Gasteiger charge is 2.24. The van der Waals surface area contributed by atoms with Gasteiger partial charge < -0.3 is 10.2 Å². The molecule has 148 valence electrons. The number of para-hydroxylation sites is 1. The summed E-state index contributed by atoms with van der Waals surface area (Å²) >= 11 is 0. The van der Waals surface area contributed by atoms with E-state index in [0.29, 0.717) is 16.9 Å². The van der Waals surface area contributed by atoms with Gasteiger partial charge >= 0.3 is 5.69 Å². The van der Waals surface area contributed by atoms with Crippen LogP contribution in [0, 0.1) is 24.0 Å². The summed E-state index contributed by atoms with van der Waals surface area (Å²) in [7, 11) is 0. The van der Waals surface area contributed by atoms with Gasteiger partial charge in [-0.1, -0.05) is 12.1 Å². The lowest BCUT2D eigenvalue weighted by Gasteiger charge is -2.27. The number of benzene rings is 1. The normalized spacial score (nSPS) is 14.0. The second-order valence-electron chi connectivity index (χ2n) is 6.88. The van der Waals surface area contributed by atoms with Gasteiger partial charge in [-0.3, -0.25) is 24.4 Å². The second-order valence-corrected chi connectivity index (χ2v) is 6.88. The smallest absolute Gasteiger partial charge is 0.312 e. The average molecular weight is 385 g/mol. The first-order chi connectivity index (χ1) is 13.4. The van der Waals surface area contributed by atoms with Crippen LogP contribution in [0.2, 0.25) is 0 Å². The minimum Gasteiger partial charge on any atom is -0.339 e. The molecule has 0 radical (unpaired) electrons. The van der Waals surface area contributed by atoms with Gasteiger partial charge in [-0.05, 0) is 45.2 Å². The van der Waals surface area contributed by atoms with Crippen molar-refractivity contribution in [3.63, 3.8) is 0 Å². The minimum absolute atomic E-state index is 0.0894. The molecule has 1 aromatic heterocycles. The van der Waals surface area contributed by atoms with E-state index >= 15 is 0 Å². The third-order valence-corrected chi connectivity index (χ3v) is 4.89. The van der Waals surface area contributed by atoms with E-state index in [-0.39, 0.29) is 23.8 Å². The number of nitrogens with one attached hydrogen (secondary N) is 1. The number of hydrogen-bond acceptors (Lipinski definition) is 5. The number of nitrogens with zero attached hydrogens (tertiary/aromatic N) is 4. The van der Waals surface area contributed by atoms with Crippen LogP contribution in [0.25, 0.3) is 0 Å². The molecule has 0 unspecified atom stereocenters. The molecular weight excluding hydrogens is 362 g/mol. The summed E-state index contributed by atoms with van der Waals surface area (Å²) in [6.07, 6.45) is 3.09. The molecule has 0 spiro atoms. The Kier molecular flexibility index (Phi) is 5.72. The number of carbonyl (C=O) groups excluding carboxylic acids is 2. The van der Waals surface area contributed by atoms with Gasteiger partial charge in [-0.25, -0.2) is 0 Å². The van der Waals surface area contributed by atoms with Crippen molar-refractivity contribution in [1.29, 1.82) is 0 Å². The van der Waals surface area contributed by atoms with Crippen LogP contribution < -0.4 is 5.32 Å². The molecule has 0 aliphatic carbocycles. The fourth-order valence-electron chi connectivity index (χ4n) is 3.48. The standard InChI is InChI=1S/C19H23N5O4/c1-13-18(24(27)28)14(2)23(21-13)12-17(25)20-16-9-5-4-8-15(16)19(26)22-10-6-3-7-11-22/h4-5,8-9H,3,6-7,10-12H2,1-2H3,(H,20,25). The Morgan fingerprint density at radius 1 is 1.18 bits per heavy atom. The SMILES string of the molecule is Cc1nn(CC(=O)Nc2ccccc2C(=O)N2CCCCC2)c(C)c1[N+](=O)[O-]. The summed E-state index contributed by atoms with van der Waals surface area (Å²) < 4.78 is 1.30. The summed E-state index contributed by atoms with van der Waals surface area (Å²) in [5.41, 5.74) is 1.36. The molecule has 1 saturated heterocycles. The quantitative estimate of drug-likeness (QED) is 0.628.